The number of halogens is 3. The molecule has 4 aromatic rings. The lowest BCUT2D eigenvalue weighted by Gasteiger charge is -2.28. The number of hydrogen-bond acceptors (Lipinski definition) is 6. The Morgan fingerprint density at radius 3 is 2.40 bits per heavy atom. The summed E-state index contributed by atoms with van der Waals surface area (Å²) in [5.41, 5.74) is 4.57. The summed E-state index contributed by atoms with van der Waals surface area (Å²) in [5, 5.41) is 8.59. The third-order valence-electron chi connectivity index (χ3n) is 7.12. The van der Waals surface area contributed by atoms with E-state index in [-0.39, 0.29) is 22.7 Å². The fourth-order valence-corrected chi connectivity index (χ4v) is 6.09. The van der Waals surface area contributed by atoms with E-state index in [1.54, 1.807) is 4.90 Å². The molecule has 1 saturated heterocycles. The van der Waals surface area contributed by atoms with E-state index in [2.05, 4.69) is 45.0 Å². The topological polar surface area (TPSA) is 84.6 Å². The van der Waals surface area contributed by atoms with Gasteiger partial charge < -0.3 is 10.1 Å². The molecule has 13 heteroatoms. The molecular weight excluding hydrogens is 622 g/mol. The largest absolute Gasteiger partial charge is 0.573 e. The van der Waals surface area contributed by atoms with Crippen molar-refractivity contribution < 1.29 is 22.7 Å². The number of carbonyl (C=O) groups is 1. The average molecular weight is 653 g/mol. The van der Waals surface area contributed by atoms with Crippen molar-refractivity contribution >= 4 is 45.9 Å². The highest BCUT2D eigenvalue weighted by molar-refractivity contribution is 8.15. The van der Waals surface area contributed by atoms with Crippen LogP contribution in [0.2, 0.25) is 0 Å². The van der Waals surface area contributed by atoms with Crippen molar-refractivity contribution in [3.8, 4) is 22.8 Å². The number of alkyl halides is 3. The Kier molecular flexibility index (Phi) is 9.04. The zero-order valence-corrected chi connectivity index (χ0v) is 26.8. The van der Waals surface area contributed by atoms with Gasteiger partial charge in [-0.1, -0.05) is 62.0 Å². The second-order valence-electron chi connectivity index (χ2n) is 11.3. The van der Waals surface area contributed by atoms with Gasteiger partial charge in [-0.15, -0.1) is 18.3 Å². The number of nitrogens with zero attached hydrogens (tertiary/aromatic N) is 5. The van der Waals surface area contributed by atoms with Crippen molar-refractivity contribution in [3.05, 3.63) is 89.7 Å². The first-order valence-electron chi connectivity index (χ1n) is 14.1. The molecule has 1 fully saturated rings. The number of rotatable bonds is 7. The molecule has 0 saturated carbocycles. The molecule has 1 N–H and O–H groups in total. The minimum absolute atomic E-state index is 0.0348. The summed E-state index contributed by atoms with van der Waals surface area (Å²) < 4.78 is 42.8. The third kappa shape index (κ3) is 7.54. The molecule has 0 radical (unpaired) electrons. The van der Waals surface area contributed by atoms with Crippen LogP contribution in [0.25, 0.3) is 17.1 Å². The van der Waals surface area contributed by atoms with Crippen LogP contribution in [0.15, 0.2) is 78.0 Å². The van der Waals surface area contributed by atoms with E-state index < -0.39 is 11.9 Å². The number of hydrogen-bond donors (Lipinski definition) is 1. The Hall–Kier alpha value is -4.23. The lowest BCUT2D eigenvalue weighted by atomic mass is 9.93. The normalized spacial score (nSPS) is 14.8. The van der Waals surface area contributed by atoms with Gasteiger partial charge in [0.2, 0.25) is 5.91 Å². The Labute approximate surface area is 268 Å². The highest BCUT2D eigenvalue weighted by atomic mass is 32.2. The fraction of sp³-hybridized carbons (Fsp3) is 0.281. The van der Waals surface area contributed by atoms with Gasteiger partial charge in [-0.3, -0.25) is 9.69 Å². The summed E-state index contributed by atoms with van der Waals surface area (Å²) in [4.78, 5) is 23.6. The van der Waals surface area contributed by atoms with Gasteiger partial charge in [0.15, 0.2) is 16.1 Å². The zero-order chi connectivity index (χ0) is 32.5. The molecule has 45 heavy (non-hydrogen) atoms. The first-order chi connectivity index (χ1) is 21.2. The average Bonchev–Trinajstić information content (AvgIpc) is 3.59. The Balaban J connectivity index is 1.29. The number of aliphatic imine (C=N–C) groups is 1. The minimum Gasteiger partial charge on any atom is -0.406 e. The quantitative estimate of drug-likeness (QED) is 0.207. The van der Waals surface area contributed by atoms with E-state index in [1.165, 1.54) is 47.0 Å². The molecule has 1 aromatic heterocycles. The van der Waals surface area contributed by atoms with Gasteiger partial charge >= 0.3 is 6.36 Å². The molecule has 8 nitrogen and oxygen atoms in total. The second kappa shape index (κ2) is 12.6. The van der Waals surface area contributed by atoms with Crippen LogP contribution in [0, 0.1) is 6.92 Å². The maximum absolute atomic E-state index is 13.0. The van der Waals surface area contributed by atoms with Gasteiger partial charge in [-0.05, 0) is 85.9 Å². The maximum Gasteiger partial charge on any atom is 0.573 e. The minimum atomic E-state index is -4.76. The molecule has 3 aromatic carbocycles. The van der Waals surface area contributed by atoms with Gasteiger partial charge in [0.05, 0.1) is 22.7 Å². The SMILES string of the molecule is Cc1ccc(C(C)C)c(N2C(=O)CSC2=NC(=S)NC(C)(C)c2ccc(-c3ncn(-c4ccc(OC(F)(F)F)cc4)n3)cc2)c1. The molecule has 5 rings (SSSR count). The summed E-state index contributed by atoms with van der Waals surface area (Å²) in [7, 11) is 0. The van der Waals surface area contributed by atoms with E-state index in [0.29, 0.717) is 22.4 Å². The van der Waals surface area contributed by atoms with Gasteiger partial charge in [-0.25, -0.2) is 9.67 Å². The number of thioether (sulfide) groups is 1. The van der Waals surface area contributed by atoms with Gasteiger partial charge in [0, 0.05) is 5.56 Å². The van der Waals surface area contributed by atoms with Gasteiger partial charge in [0.1, 0.15) is 12.1 Å². The first-order valence-corrected chi connectivity index (χ1v) is 15.5. The Bertz CT molecular complexity index is 1750. The number of benzene rings is 3. The third-order valence-corrected chi connectivity index (χ3v) is 8.24. The highest BCUT2D eigenvalue weighted by Crippen LogP contribution is 2.34. The molecular formula is C32H31F3N6O2S2. The van der Waals surface area contributed by atoms with Crippen molar-refractivity contribution in [2.24, 2.45) is 4.99 Å². The van der Waals surface area contributed by atoms with E-state index in [4.69, 9.17) is 12.2 Å². The number of aromatic nitrogens is 3. The van der Waals surface area contributed by atoms with Crippen LogP contribution in [0.5, 0.6) is 5.75 Å². The standard InChI is InChI=1S/C32H31F3N6O2S2/c1-19(2)25-15-6-20(3)16-26(25)41-27(42)17-45-30(41)37-29(44)38-31(4,5)22-9-7-21(8-10-22)28-36-18-40(39-28)23-11-13-24(14-12-23)43-32(33,34)35/h6-16,18-19H,17H2,1-5H3,(H,38,44). The van der Waals surface area contributed by atoms with Crippen LogP contribution in [0.3, 0.4) is 0 Å². The van der Waals surface area contributed by atoms with E-state index in [1.807, 2.05) is 57.2 Å². The van der Waals surface area contributed by atoms with Crippen LogP contribution in [-0.2, 0) is 10.3 Å². The van der Waals surface area contributed by atoms with Crippen LogP contribution in [-0.4, -0.2) is 43.1 Å². The molecule has 0 unspecified atom stereocenters. The molecule has 234 valence electrons. The summed E-state index contributed by atoms with van der Waals surface area (Å²) >= 11 is 7.00. The highest BCUT2D eigenvalue weighted by Gasteiger charge is 2.33. The molecule has 0 bridgehead atoms. The van der Waals surface area contributed by atoms with Crippen molar-refractivity contribution in [1.29, 1.82) is 0 Å². The molecule has 1 aliphatic rings. The van der Waals surface area contributed by atoms with Gasteiger partial charge in [0.25, 0.3) is 0 Å². The Morgan fingerprint density at radius 2 is 1.76 bits per heavy atom. The molecule has 0 spiro atoms. The lowest BCUT2D eigenvalue weighted by Crippen LogP contribution is -2.40. The van der Waals surface area contributed by atoms with Crippen molar-refractivity contribution in [2.45, 2.75) is 52.4 Å². The molecule has 0 aliphatic carbocycles. The summed E-state index contributed by atoms with van der Waals surface area (Å²) in [6, 6.07) is 19.1. The van der Waals surface area contributed by atoms with E-state index in [9.17, 15) is 18.0 Å². The number of carbonyl (C=O) groups excluding carboxylic acids is 1. The Morgan fingerprint density at radius 1 is 1.07 bits per heavy atom. The summed E-state index contributed by atoms with van der Waals surface area (Å²) in [6.45, 7) is 10.2. The van der Waals surface area contributed by atoms with Crippen LogP contribution >= 0.6 is 24.0 Å². The summed E-state index contributed by atoms with van der Waals surface area (Å²) in [6.07, 6.45) is -3.27. The van der Waals surface area contributed by atoms with Crippen molar-refractivity contribution in [1.82, 2.24) is 20.1 Å². The van der Waals surface area contributed by atoms with Crippen LogP contribution < -0.4 is 15.0 Å². The fourth-order valence-electron chi connectivity index (χ4n) is 4.83. The second-order valence-corrected chi connectivity index (χ2v) is 12.6. The number of thiocarbonyl (C=S) groups is 1. The molecule has 1 amide bonds. The van der Waals surface area contributed by atoms with Crippen LogP contribution in [0.4, 0.5) is 18.9 Å². The molecule has 1 aliphatic heterocycles. The predicted molar refractivity (Wildman–Crippen MR) is 175 cm³/mol. The predicted octanol–water partition coefficient (Wildman–Crippen LogP) is 7.51. The van der Waals surface area contributed by atoms with Crippen LogP contribution in [0.1, 0.15) is 50.3 Å². The van der Waals surface area contributed by atoms with Crippen molar-refractivity contribution in [2.75, 3.05) is 10.7 Å². The monoisotopic (exact) mass is 652 g/mol. The molecule has 2 heterocycles. The first kappa shape index (κ1) is 32.2. The number of ether oxygens (including phenoxy) is 1. The van der Waals surface area contributed by atoms with E-state index >= 15 is 0 Å². The summed E-state index contributed by atoms with van der Waals surface area (Å²) in [5.74, 6) is 0.615. The van der Waals surface area contributed by atoms with E-state index in [0.717, 1.165) is 27.9 Å². The molecule has 0 atom stereocenters. The van der Waals surface area contributed by atoms with Gasteiger partial charge in [-0.2, -0.15) is 4.99 Å². The number of nitrogens with one attached hydrogen (secondary N) is 1. The zero-order valence-electron chi connectivity index (χ0n) is 25.2. The number of aryl methyl sites for hydroxylation is 1. The number of amidine groups is 1. The lowest BCUT2D eigenvalue weighted by molar-refractivity contribution is -0.274. The maximum atomic E-state index is 13.0. The smallest absolute Gasteiger partial charge is 0.406 e. The number of amides is 1. The number of anilines is 1. The van der Waals surface area contributed by atoms with Crippen molar-refractivity contribution in [3.63, 3.8) is 0 Å².